The Morgan fingerprint density at radius 3 is 2.76 bits per heavy atom. The maximum Gasteiger partial charge on any atom is 0.302 e. The van der Waals surface area contributed by atoms with E-state index in [0.717, 1.165) is 44.9 Å². The molecule has 154 valence electrons. The summed E-state index contributed by atoms with van der Waals surface area (Å²) in [4.78, 5) is 15.8. The van der Waals surface area contributed by atoms with Crippen molar-refractivity contribution >= 4 is 11.5 Å². The second-order valence-electron chi connectivity index (χ2n) is 10.1. The standard InChI is InChI=1S/C26H33NO2/c1-17(28)29-20-10-12-25(2)19(15-20)6-7-21-23-9-8-22(18-5-4-14-27-16-18)26(23,3)13-11-24(21)25/h4-6,8,14,16,20-21,23-24H,7,9-13,15H2,1-3H3/t20-,21?,23?,24?,25-,26+/m0/s1/i21D. The molecule has 2 saturated carbocycles. The number of hydrogen-bond donors (Lipinski definition) is 0. The molecule has 0 N–H and O–H groups in total. The van der Waals surface area contributed by atoms with E-state index in [-0.39, 0.29) is 22.9 Å². The monoisotopic (exact) mass is 392 g/mol. The minimum atomic E-state index is -0.431. The van der Waals surface area contributed by atoms with Crippen LogP contribution >= 0.6 is 0 Å². The lowest BCUT2D eigenvalue weighted by atomic mass is 9.47. The van der Waals surface area contributed by atoms with Crippen LogP contribution in [-0.2, 0) is 9.53 Å². The lowest BCUT2D eigenvalue weighted by Crippen LogP contribution is -2.50. The predicted molar refractivity (Wildman–Crippen MR) is 115 cm³/mol. The van der Waals surface area contributed by atoms with Gasteiger partial charge in [-0.15, -0.1) is 0 Å². The van der Waals surface area contributed by atoms with Crippen LogP contribution in [0.2, 0.25) is 0 Å². The average Bonchev–Trinajstić information content (AvgIpc) is 3.07. The number of esters is 1. The molecule has 29 heavy (non-hydrogen) atoms. The molecule has 5 rings (SSSR count). The van der Waals surface area contributed by atoms with Crippen LogP contribution in [-0.4, -0.2) is 17.1 Å². The van der Waals surface area contributed by atoms with Gasteiger partial charge in [-0.2, -0.15) is 0 Å². The van der Waals surface area contributed by atoms with E-state index >= 15 is 0 Å². The lowest BCUT2D eigenvalue weighted by Gasteiger charge is -2.57. The van der Waals surface area contributed by atoms with Gasteiger partial charge in [0.15, 0.2) is 0 Å². The number of allylic oxidation sites excluding steroid dienone is 3. The molecule has 4 aliphatic rings. The van der Waals surface area contributed by atoms with Gasteiger partial charge >= 0.3 is 5.97 Å². The fraction of sp³-hybridized carbons (Fsp3) is 0.615. The van der Waals surface area contributed by atoms with Gasteiger partial charge in [-0.1, -0.05) is 37.6 Å². The van der Waals surface area contributed by atoms with Crippen LogP contribution in [0.1, 0.15) is 72.7 Å². The number of nitrogens with zero attached hydrogens (tertiary/aromatic N) is 1. The number of rotatable bonds is 2. The number of pyridine rings is 1. The minimum Gasteiger partial charge on any atom is -0.462 e. The van der Waals surface area contributed by atoms with Crippen molar-refractivity contribution < 1.29 is 10.9 Å². The third kappa shape index (κ3) is 2.92. The zero-order chi connectivity index (χ0) is 21.1. The van der Waals surface area contributed by atoms with Gasteiger partial charge in [0.25, 0.3) is 0 Å². The zero-order valence-corrected chi connectivity index (χ0v) is 17.9. The molecule has 3 nitrogen and oxygen atoms in total. The second-order valence-corrected chi connectivity index (χ2v) is 10.1. The van der Waals surface area contributed by atoms with Crippen LogP contribution < -0.4 is 0 Å². The van der Waals surface area contributed by atoms with E-state index in [2.05, 4.69) is 37.0 Å². The molecule has 1 aromatic rings. The summed E-state index contributed by atoms with van der Waals surface area (Å²) in [5.74, 6) is 0.117. The van der Waals surface area contributed by atoms with Crippen molar-refractivity contribution in [2.75, 3.05) is 0 Å². The molecule has 6 atom stereocenters. The van der Waals surface area contributed by atoms with Crippen LogP contribution in [0.4, 0.5) is 0 Å². The zero-order valence-electron chi connectivity index (χ0n) is 18.9. The highest BCUT2D eigenvalue weighted by Gasteiger charge is 2.56. The lowest BCUT2D eigenvalue weighted by molar-refractivity contribution is -0.148. The normalized spacial score (nSPS) is 43.8. The number of carbonyl (C=O) groups is 1. The molecule has 0 radical (unpaired) electrons. The Morgan fingerprint density at radius 1 is 1.17 bits per heavy atom. The van der Waals surface area contributed by atoms with Crippen molar-refractivity contribution in [2.45, 2.75) is 71.8 Å². The Hall–Kier alpha value is -1.90. The van der Waals surface area contributed by atoms with E-state index in [1.165, 1.54) is 23.6 Å². The SMILES string of the molecule is [2H]C12CC=C3C[C@@H](OC(C)=O)CC[C@]3(C)C1CC[C@]1(C)C(c3cccnc3)=CCC21. The predicted octanol–water partition coefficient (Wildman–Crippen LogP) is 5.97. The van der Waals surface area contributed by atoms with Crippen molar-refractivity contribution in [3.63, 3.8) is 0 Å². The van der Waals surface area contributed by atoms with Crippen molar-refractivity contribution in [3.05, 3.63) is 47.8 Å². The highest BCUT2D eigenvalue weighted by molar-refractivity contribution is 5.72. The number of ether oxygens (including phenoxy) is 1. The van der Waals surface area contributed by atoms with E-state index in [1.807, 2.05) is 18.5 Å². The topological polar surface area (TPSA) is 39.2 Å². The van der Waals surface area contributed by atoms with E-state index in [1.54, 1.807) is 0 Å². The maximum atomic E-state index is 11.5. The molecule has 3 heteroatoms. The molecule has 2 fully saturated rings. The first-order chi connectivity index (χ1) is 14.3. The molecule has 1 aromatic heterocycles. The quantitative estimate of drug-likeness (QED) is 0.460. The van der Waals surface area contributed by atoms with Gasteiger partial charge < -0.3 is 4.74 Å². The molecule has 0 aromatic carbocycles. The van der Waals surface area contributed by atoms with E-state index < -0.39 is 5.89 Å². The molecular formula is C26H33NO2. The molecule has 0 amide bonds. The summed E-state index contributed by atoms with van der Waals surface area (Å²) in [7, 11) is 0. The Morgan fingerprint density at radius 2 is 2.00 bits per heavy atom. The molecule has 0 bridgehead atoms. The van der Waals surface area contributed by atoms with Crippen molar-refractivity contribution in [2.24, 2.45) is 28.6 Å². The van der Waals surface area contributed by atoms with E-state index in [9.17, 15) is 6.17 Å². The average molecular weight is 393 g/mol. The van der Waals surface area contributed by atoms with Gasteiger partial charge in [0, 0.05) is 27.1 Å². The van der Waals surface area contributed by atoms with E-state index in [4.69, 9.17) is 4.74 Å². The molecule has 4 aliphatic carbocycles. The van der Waals surface area contributed by atoms with Crippen LogP contribution in [0.3, 0.4) is 0 Å². The first kappa shape index (κ1) is 17.9. The number of aromatic nitrogens is 1. The summed E-state index contributed by atoms with van der Waals surface area (Å²) in [5, 5.41) is 0. The number of fused-ring (bicyclic) bond motifs is 5. The smallest absolute Gasteiger partial charge is 0.302 e. The highest BCUT2D eigenvalue weighted by atomic mass is 16.5. The molecule has 0 aliphatic heterocycles. The third-order valence-corrected chi connectivity index (χ3v) is 8.61. The number of carbonyl (C=O) groups excluding carboxylic acids is 1. The van der Waals surface area contributed by atoms with Crippen molar-refractivity contribution in [3.8, 4) is 0 Å². The van der Waals surface area contributed by atoms with Crippen molar-refractivity contribution in [1.82, 2.24) is 4.98 Å². The van der Waals surface area contributed by atoms with Gasteiger partial charge in [-0.3, -0.25) is 9.78 Å². The van der Waals surface area contributed by atoms with Crippen molar-refractivity contribution in [1.29, 1.82) is 0 Å². The minimum absolute atomic E-state index is 0.0132. The van der Waals surface area contributed by atoms with Gasteiger partial charge in [-0.25, -0.2) is 0 Å². The van der Waals surface area contributed by atoms with Gasteiger partial charge in [-0.05, 0) is 84.3 Å². The molecule has 1 heterocycles. The summed E-state index contributed by atoms with van der Waals surface area (Å²) in [6.07, 6.45) is 15.4. The highest BCUT2D eigenvalue weighted by Crippen LogP contribution is 2.66. The van der Waals surface area contributed by atoms with Crippen LogP contribution in [0.15, 0.2) is 42.3 Å². The van der Waals surface area contributed by atoms with Gasteiger partial charge in [0.05, 0.1) is 0 Å². The first-order valence-electron chi connectivity index (χ1n) is 11.8. The molecule has 3 unspecified atom stereocenters. The summed E-state index contributed by atoms with van der Waals surface area (Å²) in [5.41, 5.74) is 4.19. The first-order valence-corrected chi connectivity index (χ1v) is 11.3. The Balaban J connectivity index is 1.46. The largest absolute Gasteiger partial charge is 0.462 e. The van der Waals surface area contributed by atoms with E-state index in [0.29, 0.717) is 11.8 Å². The summed E-state index contributed by atoms with van der Waals surface area (Å²) in [6.45, 7) is 6.30. The maximum absolute atomic E-state index is 11.5. The Kier molecular flexibility index (Phi) is 4.21. The Bertz CT molecular complexity index is 924. The molecule has 0 spiro atoms. The third-order valence-electron chi connectivity index (χ3n) is 8.61. The van der Waals surface area contributed by atoms with Gasteiger partial charge in [0.1, 0.15) is 6.10 Å². The van der Waals surface area contributed by atoms with Crippen LogP contribution in [0.25, 0.3) is 5.57 Å². The molecule has 0 saturated heterocycles. The summed E-state index contributed by atoms with van der Waals surface area (Å²) in [6, 6.07) is 4.19. The van der Waals surface area contributed by atoms with Crippen LogP contribution in [0, 0.1) is 28.6 Å². The second kappa shape index (κ2) is 6.82. The van der Waals surface area contributed by atoms with Gasteiger partial charge in [0.2, 0.25) is 0 Å². The van der Waals surface area contributed by atoms with Crippen LogP contribution in [0.5, 0.6) is 0 Å². The number of hydrogen-bond acceptors (Lipinski definition) is 3. The summed E-state index contributed by atoms with van der Waals surface area (Å²) >= 11 is 0. The Labute approximate surface area is 176 Å². The molecular weight excluding hydrogens is 358 g/mol. The fourth-order valence-electron chi connectivity index (χ4n) is 7.13. The summed E-state index contributed by atoms with van der Waals surface area (Å²) < 4.78 is 15.4. The fourth-order valence-corrected chi connectivity index (χ4v) is 7.13.